The van der Waals surface area contributed by atoms with Crippen LogP contribution >= 0.6 is 0 Å². The van der Waals surface area contributed by atoms with E-state index >= 15 is 0 Å². The molecule has 0 amide bonds. The smallest absolute Gasteiger partial charge is 0.216 e. The second-order valence-electron chi connectivity index (χ2n) is 5.37. The first-order valence-electron chi connectivity index (χ1n) is 6.99. The van der Waals surface area contributed by atoms with Gasteiger partial charge in [-0.15, -0.1) is 0 Å². The minimum Gasteiger partial charge on any atom is -0.378 e. The highest BCUT2D eigenvalue weighted by Crippen LogP contribution is 2.16. The Bertz CT molecular complexity index is 570. The summed E-state index contributed by atoms with van der Waals surface area (Å²) in [5.41, 5.74) is 2.44. The number of anilines is 1. The van der Waals surface area contributed by atoms with Crippen molar-refractivity contribution < 1.29 is 4.39 Å². The van der Waals surface area contributed by atoms with Gasteiger partial charge in [0, 0.05) is 31.4 Å². The second-order valence-corrected chi connectivity index (χ2v) is 5.37. The number of hydrogen-bond donors (Lipinski definition) is 1. The molecule has 1 N–H and O–H groups in total. The average molecular weight is 279 g/mol. The normalized spacial score (nSPS) is 11.3. The summed E-state index contributed by atoms with van der Waals surface area (Å²) in [6.07, 6.45) is 3.54. The highest BCUT2D eigenvalue weighted by molar-refractivity contribution is 5.45. The van der Waals surface area contributed by atoms with E-state index in [2.05, 4.69) is 29.4 Å². The molecule has 0 aromatic carbocycles. The maximum atomic E-state index is 13.9. The summed E-state index contributed by atoms with van der Waals surface area (Å²) in [7, 11) is 0. The standard InChI is InChI=1S/C14H22FN5/c1-5-20-14(15)12(7-17-20)6-16-13-9-19(8-10(2)3)18-11(13)4/h7,9-10,16H,5-6,8H2,1-4H3. The Kier molecular flexibility index (Phi) is 4.42. The monoisotopic (exact) mass is 279 g/mol. The fourth-order valence-corrected chi connectivity index (χ4v) is 2.10. The molecular formula is C14H22FN5. The van der Waals surface area contributed by atoms with Crippen molar-refractivity contribution in [3.05, 3.63) is 29.6 Å². The quantitative estimate of drug-likeness (QED) is 0.884. The summed E-state index contributed by atoms with van der Waals surface area (Å²) < 4.78 is 17.1. The maximum absolute atomic E-state index is 13.9. The molecule has 2 heterocycles. The lowest BCUT2D eigenvalue weighted by Crippen LogP contribution is -2.05. The molecule has 0 bridgehead atoms. The molecule has 2 rings (SSSR count). The van der Waals surface area contributed by atoms with E-state index in [-0.39, 0.29) is 5.95 Å². The molecule has 6 heteroatoms. The van der Waals surface area contributed by atoms with Crippen LogP contribution in [0.4, 0.5) is 10.1 Å². The van der Waals surface area contributed by atoms with Crippen molar-refractivity contribution in [3.8, 4) is 0 Å². The maximum Gasteiger partial charge on any atom is 0.216 e. The zero-order valence-electron chi connectivity index (χ0n) is 12.5. The van der Waals surface area contributed by atoms with E-state index in [0.717, 1.165) is 17.9 Å². The Morgan fingerprint density at radius 1 is 1.40 bits per heavy atom. The molecule has 0 unspecified atom stereocenters. The summed E-state index contributed by atoms with van der Waals surface area (Å²) in [5.74, 6) is 0.273. The van der Waals surface area contributed by atoms with Gasteiger partial charge >= 0.3 is 0 Å². The van der Waals surface area contributed by atoms with Crippen LogP contribution in [0.5, 0.6) is 0 Å². The number of rotatable bonds is 6. The summed E-state index contributed by atoms with van der Waals surface area (Å²) in [6.45, 7) is 9.96. The van der Waals surface area contributed by atoms with Gasteiger partial charge in [0.15, 0.2) is 0 Å². The van der Waals surface area contributed by atoms with Crippen molar-refractivity contribution in [1.29, 1.82) is 0 Å². The van der Waals surface area contributed by atoms with Crippen LogP contribution in [0, 0.1) is 18.8 Å². The molecule has 2 aromatic rings. The Hall–Kier alpha value is -1.85. The van der Waals surface area contributed by atoms with E-state index in [9.17, 15) is 4.39 Å². The number of halogens is 1. The van der Waals surface area contributed by atoms with Crippen LogP contribution in [0.25, 0.3) is 0 Å². The third-order valence-electron chi connectivity index (χ3n) is 3.11. The summed E-state index contributed by atoms with van der Waals surface area (Å²) in [4.78, 5) is 0. The van der Waals surface area contributed by atoms with Crippen molar-refractivity contribution in [2.75, 3.05) is 5.32 Å². The molecule has 0 saturated heterocycles. The number of aryl methyl sites for hydroxylation is 2. The third kappa shape index (κ3) is 3.18. The molecule has 5 nitrogen and oxygen atoms in total. The van der Waals surface area contributed by atoms with Crippen LogP contribution < -0.4 is 5.32 Å². The van der Waals surface area contributed by atoms with Gasteiger partial charge in [0.1, 0.15) is 0 Å². The second kappa shape index (κ2) is 6.07. The van der Waals surface area contributed by atoms with Crippen LogP contribution in [0.15, 0.2) is 12.4 Å². The lowest BCUT2D eigenvalue weighted by Gasteiger charge is -2.04. The molecular weight excluding hydrogens is 257 g/mol. The molecule has 2 aromatic heterocycles. The largest absolute Gasteiger partial charge is 0.378 e. The minimum absolute atomic E-state index is 0.271. The predicted octanol–water partition coefficient (Wildman–Crippen LogP) is 2.82. The third-order valence-corrected chi connectivity index (χ3v) is 3.11. The van der Waals surface area contributed by atoms with Gasteiger partial charge < -0.3 is 5.32 Å². The van der Waals surface area contributed by atoms with Crippen LogP contribution in [-0.2, 0) is 19.6 Å². The zero-order valence-corrected chi connectivity index (χ0v) is 12.5. The van der Waals surface area contributed by atoms with E-state index < -0.39 is 0 Å². The van der Waals surface area contributed by atoms with Crippen LogP contribution in [0.1, 0.15) is 32.0 Å². The van der Waals surface area contributed by atoms with Crippen molar-refractivity contribution in [3.63, 3.8) is 0 Å². The molecule has 0 fully saturated rings. The minimum atomic E-state index is -0.271. The van der Waals surface area contributed by atoms with Crippen LogP contribution in [0.2, 0.25) is 0 Å². The van der Waals surface area contributed by atoms with E-state index in [1.165, 1.54) is 4.68 Å². The Labute approximate surface area is 118 Å². The van der Waals surface area contributed by atoms with E-state index in [0.29, 0.717) is 24.6 Å². The summed E-state index contributed by atoms with van der Waals surface area (Å²) in [5, 5.41) is 11.7. The predicted molar refractivity (Wildman–Crippen MR) is 77.0 cm³/mol. The highest BCUT2D eigenvalue weighted by atomic mass is 19.1. The average Bonchev–Trinajstić information content (AvgIpc) is 2.89. The van der Waals surface area contributed by atoms with Gasteiger partial charge in [0.05, 0.1) is 17.6 Å². The molecule has 0 atom stereocenters. The fourth-order valence-electron chi connectivity index (χ4n) is 2.10. The Morgan fingerprint density at radius 2 is 2.15 bits per heavy atom. The van der Waals surface area contributed by atoms with Gasteiger partial charge in [-0.3, -0.25) is 4.68 Å². The van der Waals surface area contributed by atoms with Crippen molar-refractivity contribution >= 4 is 5.69 Å². The van der Waals surface area contributed by atoms with Gasteiger partial charge in [-0.05, 0) is 19.8 Å². The molecule has 0 saturated carbocycles. The van der Waals surface area contributed by atoms with E-state index in [1.54, 1.807) is 6.20 Å². The lowest BCUT2D eigenvalue weighted by atomic mass is 10.2. The lowest BCUT2D eigenvalue weighted by molar-refractivity contribution is 0.465. The number of nitrogens with zero attached hydrogens (tertiary/aromatic N) is 4. The number of hydrogen-bond acceptors (Lipinski definition) is 3. The van der Waals surface area contributed by atoms with Crippen molar-refractivity contribution in [2.24, 2.45) is 5.92 Å². The number of nitrogens with one attached hydrogen (secondary N) is 1. The molecule has 0 spiro atoms. The Morgan fingerprint density at radius 3 is 2.75 bits per heavy atom. The zero-order chi connectivity index (χ0) is 14.7. The van der Waals surface area contributed by atoms with Gasteiger partial charge in [0.2, 0.25) is 5.95 Å². The molecule has 0 aliphatic carbocycles. The van der Waals surface area contributed by atoms with Crippen LogP contribution in [0.3, 0.4) is 0 Å². The fraction of sp³-hybridized carbons (Fsp3) is 0.571. The highest BCUT2D eigenvalue weighted by Gasteiger charge is 2.11. The Balaban J connectivity index is 2.03. The van der Waals surface area contributed by atoms with Crippen molar-refractivity contribution in [1.82, 2.24) is 19.6 Å². The summed E-state index contributed by atoms with van der Waals surface area (Å²) in [6, 6.07) is 0. The topological polar surface area (TPSA) is 47.7 Å². The van der Waals surface area contributed by atoms with Crippen LogP contribution in [-0.4, -0.2) is 19.6 Å². The van der Waals surface area contributed by atoms with Gasteiger partial charge in [-0.2, -0.15) is 14.6 Å². The van der Waals surface area contributed by atoms with Gasteiger partial charge in [-0.25, -0.2) is 4.68 Å². The molecule has 0 aliphatic heterocycles. The molecule has 20 heavy (non-hydrogen) atoms. The van der Waals surface area contributed by atoms with Gasteiger partial charge in [-0.1, -0.05) is 13.8 Å². The number of aromatic nitrogens is 4. The SMILES string of the molecule is CCn1ncc(CNc2cn(CC(C)C)nc2C)c1F. The molecule has 0 radical (unpaired) electrons. The summed E-state index contributed by atoms with van der Waals surface area (Å²) >= 11 is 0. The molecule has 110 valence electrons. The molecule has 0 aliphatic rings. The van der Waals surface area contributed by atoms with Crippen molar-refractivity contribution in [2.45, 2.75) is 47.3 Å². The first-order valence-corrected chi connectivity index (χ1v) is 6.99. The van der Waals surface area contributed by atoms with Gasteiger partial charge in [0.25, 0.3) is 0 Å². The van der Waals surface area contributed by atoms with E-state index in [4.69, 9.17) is 0 Å². The first kappa shape index (κ1) is 14.6. The van der Waals surface area contributed by atoms with E-state index in [1.807, 2.05) is 24.7 Å². The first-order chi connectivity index (χ1) is 9.51.